The number of alkyl carbamates (subject to hydrolysis) is 1. The Kier molecular flexibility index (Phi) is 9.84. The predicted molar refractivity (Wildman–Crippen MR) is 218 cm³/mol. The Morgan fingerprint density at radius 1 is 0.929 bits per heavy atom. The maximum Gasteiger partial charge on any atom is 0.411 e. The van der Waals surface area contributed by atoms with Gasteiger partial charge in [0.15, 0.2) is 0 Å². The first-order chi connectivity index (χ1) is 26.8. The summed E-state index contributed by atoms with van der Waals surface area (Å²) in [6.07, 6.45) is 5.86. The quantitative estimate of drug-likeness (QED) is 0.142. The molecule has 2 aromatic heterocycles. The number of nitrogens with one attached hydrogen (secondary N) is 3. The van der Waals surface area contributed by atoms with Crippen molar-refractivity contribution in [1.29, 1.82) is 0 Å². The number of likely N-dealkylation sites (tertiary alicyclic amines) is 1. The van der Waals surface area contributed by atoms with E-state index in [1.54, 1.807) is 16.7 Å². The Hall–Kier alpha value is -5.30. The molecule has 3 aliphatic rings. The number of H-pyrrole nitrogens is 2. The highest BCUT2D eigenvalue weighted by molar-refractivity contribution is 7.99. The fourth-order valence-corrected chi connectivity index (χ4v) is 9.02. The van der Waals surface area contributed by atoms with Crippen molar-refractivity contribution in [3.8, 4) is 33.6 Å². The number of hydrogen-bond acceptors (Lipinski definition) is 8. The summed E-state index contributed by atoms with van der Waals surface area (Å²) in [4.78, 5) is 59.0. The Morgan fingerprint density at radius 2 is 1.61 bits per heavy atom. The monoisotopic (exact) mass is 775 g/mol. The molecule has 0 bridgehead atoms. The van der Waals surface area contributed by atoms with Crippen LogP contribution in [0.2, 0.25) is 0 Å². The van der Waals surface area contributed by atoms with Crippen molar-refractivity contribution in [1.82, 2.24) is 35.1 Å². The number of fused-ring (bicyclic) bond motifs is 1. The Labute approximate surface area is 331 Å². The maximum atomic E-state index is 13.9. The maximum absolute atomic E-state index is 13.9. The van der Waals surface area contributed by atoms with E-state index in [0.717, 1.165) is 81.1 Å². The summed E-state index contributed by atoms with van der Waals surface area (Å²) in [5.74, 6) is 2.14. The number of amides is 3. The van der Waals surface area contributed by atoms with Crippen molar-refractivity contribution in [2.24, 2.45) is 11.3 Å². The van der Waals surface area contributed by atoms with Crippen LogP contribution in [0.4, 0.5) is 9.59 Å². The minimum Gasteiger partial charge on any atom is -0.453 e. The summed E-state index contributed by atoms with van der Waals surface area (Å²) in [6.45, 7) is 10.8. The second-order valence-corrected chi connectivity index (χ2v) is 17.8. The molecule has 292 valence electrons. The van der Waals surface area contributed by atoms with E-state index in [1.807, 2.05) is 51.9 Å². The van der Waals surface area contributed by atoms with Gasteiger partial charge in [0.2, 0.25) is 5.91 Å². The highest BCUT2D eigenvalue weighted by atomic mass is 32.2. The summed E-state index contributed by atoms with van der Waals surface area (Å²) < 4.78 is 10.5. The summed E-state index contributed by atoms with van der Waals surface area (Å²) in [7, 11) is 1.31. The minimum atomic E-state index is -0.679. The number of thioether (sulfide) groups is 1. The molecule has 5 aromatic rings. The van der Waals surface area contributed by atoms with Crippen molar-refractivity contribution in [2.75, 3.05) is 26.0 Å². The molecule has 12 nitrogen and oxygen atoms in total. The third-order valence-corrected chi connectivity index (χ3v) is 12.3. The van der Waals surface area contributed by atoms with E-state index < -0.39 is 17.7 Å². The van der Waals surface area contributed by atoms with E-state index in [4.69, 9.17) is 14.5 Å². The molecule has 3 aromatic carbocycles. The lowest BCUT2D eigenvalue weighted by molar-refractivity contribution is -0.135. The van der Waals surface area contributed by atoms with Crippen LogP contribution in [0.1, 0.15) is 76.9 Å². The molecule has 3 amide bonds. The number of aromatic amines is 2. The molecule has 1 saturated carbocycles. The van der Waals surface area contributed by atoms with E-state index in [0.29, 0.717) is 13.1 Å². The predicted octanol–water partition coefficient (Wildman–Crippen LogP) is 8.70. The van der Waals surface area contributed by atoms with Gasteiger partial charge < -0.3 is 29.7 Å². The molecule has 2 saturated heterocycles. The molecule has 0 unspecified atom stereocenters. The Balaban J connectivity index is 0.961. The average molecular weight is 776 g/mol. The summed E-state index contributed by atoms with van der Waals surface area (Å²) in [5, 5.41) is 4.76. The third kappa shape index (κ3) is 7.61. The number of aromatic nitrogens is 4. The van der Waals surface area contributed by atoms with Crippen molar-refractivity contribution >= 4 is 40.6 Å². The van der Waals surface area contributed by atoms with Gasteiger partial charge in [-0.25, -0.2) is 19.6 Å². The molecule has 56 heavy (non-hydrogen) atoms. The van der Waals surface area contributed by atoms with Crippen LogP contribution in [0.5, 0.6) is 0 Å². The number of rotatable bonds is 8. The molecule has 8 rings (SSSR count). The lowest BCUT2D eigenvalue weighted by Gasteiger charge is -2.30. The molecular weight excluding hydrogens is 727 g/mol. The zero-order valence-electron chi connectivity index (χ0n) is 32.7. The van der Waals surface area contributed by atoms with Crippen LogP contribution in [-0.4, -0.2) is 85.4 Å². The minimum absolute atomic E-state index is 0.0968. The molecule has 0 radical (unpaired) electrons. The molecule has 1 spiro atoms. The van der Waals surface area contributed by atoms with Gasteiger partial charge in [-0.15, -0.1) is 11.8 Å². The van der Waals surface area contributed by atoms with E-state index >= 15 is 0 Å². The summed E-state index contributed by atoms with van der Waals surface area (Å²) >= 11 is 1.68. The van der Waals surface area contributed by atoms with Gasteiger partial charge >= 0.3 is 12.2 Å². The van der Waals surface area contributed by atoms with E-state index in [9.17, 15) is 14.4 Å². The van der Waals surface area contributed by atoms with Crippen LogP contribution in [0, 0.1) is 11.3 Å². The van der Waals surface area contributed by atoms with Gasteiger partial charge in [-0.3, -0.25) is 9.69 Å². The average Bonchev–Trinajstić information content (AvgIpc) is 3.71. The lowest BCUT2D eigenvalue weighted by Crippen LogP contribution is -2.51. The van der Waals surface area contributed by atoms with Crippen LogP contribution in [0.3, 0.4) is 0 Å². The number of nitrogens with zero attached hydrogens (tertiary/aromatic N) is 4. The van der Waals surface area contributed by atoms with Crippen LogP contribution in [-0.2, 0) is 14.3 Å². The summed E-state index contributed by atoms with van der Waals surface area (Å²) in [5.41, 5.74) is 5.51. The molecule has 3 N–H and O–H groups in total. The molecule has 1 aliphatic carbocycles. The third-order valence-electron chi connectivity index (χ3n) is 11.1. The zero-order valence-corrected chi connectivity index (χ0v) is 33.5. The van der Waals surface area contributed by atoms with Crippen LogP contribution in [0.25, 0.3) is 44.4 Å². The van der Waals surface area contributed by atoms with Gasteiger partial charge in [0, 0.05) is 30.6 Å². The number of benzene rings is 3. The SMILES string of the molecule is COC(=O)N[C@H](C(=O)N1CC2(CC2)C[C@H]1c1nc(-c2ccc3cc(-c4ccc(-c5cnc([C@@H]6SCCN6C(=O)OC(C)(C)C)[nH]5)cc4)ccc3c2)c[nH]1)C(C)C. The van der Waals surface area contributed by atoms with Gasteiger partial charge in [0.05, 0.1) is 30.7 Å². The van der Waals surface area contributed by atoms with Crippen LogP contribution < -0.4 is 5.32 Å². The highest BCUT2D eigenvalue weighted by Gasteiger charge is 2.55. The van der Waals surface area contributed by atoms with Crippen LogP contribution in [0.15, 0.2) is 73.1 Å². The number of imidazole rings is 2. The fraction of sp³-hybridized carbons (Fsp3) is 0.419. The van der Waals surface area contributed by atoms with Crippen molar-refractivity contribution in [3.63, 3.8) is 0 Å². The van der Waals surface area contributed by atoms with Crippen molar-refractivity contribution in [2.45, 2.75) is 76.9 Å². The first-order valence-corrected chi connectivity index (χ1v) is 20.4. The number of ether oxygens (including phenoxy) is 2. The second kappa shape index (κ2) is 14.6. The van der Waals surface area contributed by atoms with Crippen molar-refractivity contribution in [3.05, 3.63) is 84.7 Å². The molecule has 13 heteroatoms. The fourth-order valence-electron chi connectivity index (χ4n) is 7.84. The molecule has 4 heterocycles. The molecule has 3 atom stereocenters. The lowest BCUT2D eigenvalue weighted by atomic mass is 9.98. The second-order valence-electron chi connectivity index (χ2n) is 16.6. The van der Waals surface area contributed by atoms with Gasteiger partial charge in [0.1, 0.15) is 28.7 Å². The zero-order chi connectivity index (χ0) is 39.4. The van der Waals surface area contributed by atoms with E-state index in [2.05, 4.69) is 80.9 Å². The molecular formula is C43H49N7O5S. The number of carbonyl (C=O) groups is 3. The standard InChI is InChI=1S/C43H49N7O5S/c1-25(2)35(48-40(52)54-6)38(51)50-24-43(15-16-43)21-34(50)36-44-23-33(46-36)31-14-13-29-19-28(11-12-30(29)20-31)26-7-9-27(10-8-26)32-22-45-37(47-32)39-49(17-18-56-39)41(53)55-42(3,4)5/h7-14,19-20,22-23,25,34-35,39H,15-18,21,24H2,1-6H3,(H,44,46)(H,45,47)(H,48,52)/t34-,35-,39-/m0/s1. The van der Waals surface area contributed by atoms with Gasteiger partial charge in [-0.1, -0.05) is 62.4 Å². The first kappa shape index (κ1) is 37.6. The Morgan fingerprint density at radius 3 is 2.29 bits per heavy atom. The number of hydrogen-bond donors (Lipinski definition) is 3. The van der Waals surface area contributed by atoms with Crippen molar-refractivity contribution < 1.29 is 23.9 Å². The van der Waals surface area contributed by atoms with E-state index in [-0.39, 0.29) is 34.7 Å². The van der Waals surface area contributed by atoms with E-state index in [1.165, 1.54) is 7.11 Å². The Bertz CT molecular complexity index is 2270. The topological polar surface area (TPSA) is 146 Å². The first-order valence-electron chi connectivity index (χ1n) is 19.3. The molecule has 3 fully saturated rings. The van der Waals surface area contributed by atoms with Gasteiger partial charge in [0.25, 0.3) is 0 Å². The summed E-state index contributed by atoms with van der Waals surface area (Å²) in [6, 6.07) is 20.4. The smallest absolute Gasteiger partial charge is 0.411 e. The normalized spacial score (nSPS) is 19.5. The van der Waals surface area contributed by atoms with Gasteiger partial charge in [-0.05, 0) is 91.0 Å². The highest BCUT2D eigenvalue weighted by Crippen LogP contribution is 2.58. The van der Waals surface area contributed by atoms with Crippen LogP contribution >= 0.6 is 11.8 Å². The largest absolute Gasteiger partial charge is 0.453 e. The number of carbonyl (C=O) groups excluding carboxylic acids is 3. The van der Waals surface area contributed by atoms with Gasteiger partial charge in [-0.2, -0.15) is 0 Å². The number of methoxy groups -OCH3 is 1. The molecule has 2 aliphatic heterocycles.